The predicted octanol–water partition coefficient (Wildman–Crippen LogP) is 5.76. The molecule has 6 nitrogen and oxygen atoms in total. The molecule has 0 spiro atoms. The summed E-state index contributed by atoms with van der Waals surface area (Å²) < 4.78 is 13.0. The standard InChI is InChI=1S/C29H30N2O4/c1-6-34-25-15-13-24(14-16-25)31-21(5)27(29(33)35-7-2)26(28(31)32)18-22-17-19(3)30(20(22)4)23-11-9-8-10-12-23/h8-18H,6-7H2,1-5H3/b26-18-. The third kappa shape index (κ3) is 4.52. The summed E-state index contributed by atoms with van der Waals surface area (Å²) in [6, 6.07) is 19.3. The molecule has 2 aromatic carbocycles. The van der Waals surface area contributed by atoms with Gasteiger partial charge in [0.15, 0.2) is 0 Å². The van der Waals surface area contributed by atoms with E-state index in [1.54, 1.807) is 24.8 Å². The van der Waals surface area contributed by atoms with Gasteiger partial charge in [0.25, 0.3) is 5.91 Å². The predicted molar refractivity (Wildman–Crippen MR) is 138 cm³/mol. The zero-order chi connectivity index (χ0) is 25.1. The van der Waals surface area contributed by atoms with E-state index in [1.165, 1.54) is 0 Å². The quantitative estimate of drug-likeness (QED) is 0.325. The van der Waals surface area contributed by atoms with Crippen LogP contribution < -0.4 is 9.64 Å². The second kappa shape index (κ2) is 10.1. The van der Waals surface area contributed by atoms with Crippen molar-refractivity contribution in [1.29, 1.82) is 0 Å². The van der Waals surface area contributed by atoms with E-state index in [0.29, 0.717) is 23.6 Å². The Balaban J connectivity index is 1.80. The maximum atomic E-state index is 13.7. The van der Waals surface area contributed by atoms with Gasteiger partial charge in [-0.3, -0.25) is 9.69 Å². The number of carbonyl (C=O) groups is 2. The van der Waals surface area contributed by atoms with Crippen LogP contribution in [0.25, 0.3) is 11.8 Å². The highest BCUT2D eigenvalue weighted by Crippen LogP contribution is 2.37. The number of nitrogens with zero attached hydrogens (tertiary/aromatic N) is 2. The Bertz CT molecular complexity index is 1310. The van der Waals surface area contributed by atoms with E-state index in [4.69, 9.17) is 9.47 Å². The van der Waals surface area contributed by atoms with E-state index in [0.717, 1.165) is 28.4 Å². The molecular weight excluding hydrogens is 440 g/mol. The molecule has 0 atom stereocenters. The number of ether oxygens (including phenoxy) is 2. The highest BCUT2D eigenvalue weighted by Gasteiger charge is 2.38. The van der Waals surface area contributed by atoms with Gasteiger partial charge in [-0.1, -0.05) is 18.2 Å². The highest BCUT2D eigenvalue weighted by atomic mass is 16.5. The van der Waals surface area contributed by atoms with Crippen LogP contribution in [0.15, 0.2) is 77.5 Å². The molecule has 0 saturated carbocycles. The Kier molecular flexibility index (Phi) is 6.92. The first-order valence-electron chi connectivity index (χ1n) is 11.8. The molecule has 1 aromatic heterocycles. The number of aromatic nitrogens is 1. The lowest BCUT2D eigenvalue weighted by Gasteiger charge is -2.18. The number of esters is 1. The SMILES string of the molecule is CCOC(=O)C1=C(C)N(c2ccc(OCC)cc2)C(=O)/C1=C\c1cc(C)n(-c2ccccc2)c1C. The normalized spacial score (nSPS) is 14.7. The second-order valence-electron chi connectivity index (χ2n) is 8.30. The first-order chi connectivity index (χ1) is 16.9. The van der Waals surface area contributed by atoms with E-state index < -0.39 is 5.97 Å². The average Bonchev–Trinajstić information content (AvgIpc) is 3.26. The molecule has 0 N–H and O–H groups in total. The van der Waals surface area contributed by atoms with E-state index in [1.807, 2.05) is 81.4 Å². The summed E-state index contributed by atoms with van der Waals surface area (Å²) >= 11 is 0. The second-order valence-corrected chi connectivity index (χ2v) is 8.30. The number of hydrogen-bond acceptors (Lipinski definition) is 4. The molecule has 1 aliphatic rings. The van der Waals surface area contributed by atoms with Crippen LogP contribution in [-0.2, 0) is 14.3 Å². The molecule has 2 heterocycles. The van der Waals surface area contributed by atoms with Gasteiger partial charge < -0.3 is 14.0 Å². The van der Waals surface area contributed by atoms with Crippen molar-refractivity contribution in [2.24, 2.45) is 0 Å². The third-order valence-electron chi connectivity index (χ3n) is 6.07. The number of para-hydroxylation sites is 1. The fourth-order valence-corrected chi connectivity index (χ4v) is 4.51. The minimum absolute atomic E-state index is 0.225. The van der Waals surface area contributed by atoms with Crippen molar-refractivity contribution in [1.82, 2.24) is 4.57 Å². The number of amides is 1. The van der Waals surface area contributed by atoms with Crippen molar-refractivity contribution in [2.45, 2.75) is 34.6 Å². The third-order valence-corrected chi connectivity index (χ3v) is 6.07. The first-order valence-corrected chi connectivity index (χ1v) is 11.8. The summed E-state index contributed by atoms with van der Waals surface area (Å²) in [7, 11) is 0. The average molecular weight is 471 g/mol. The smallest absolute Gasteiger partial charge is 0.340 e. The van der Waals surface area contributed by atoms with Gasteiger partial charge in [-0.15, -0.1) is 0 Å². The van der Waals surface area contributed by atoms with Crippen molar-refractivity contribution in [3.05, 3.63) is 94.5 Å². The maximum Gasteiger partial charge on any atom is 0.340 e. The number of anilines is 1. The fourth-order valence-electron chi connectivity index (χ4n) is 4.51. The molecule has 35 heavy (non-hydrogen) atoms. The van der Waals surface area contributed by atoms with Crippen molar-refractivity contribution in [2.75, 3.05) is 18.1 Å². The minimum atomic E-state index is -0.505. The summed E-state index contributed by atoms with van der Waals surface area (Å²) in [6.45, 7) is 10.3. The number of benzene rings is 2. The van der Waals surface area contributed by atoms with Gasteiger partial charge in [-0.25, -0.2) is 4.79 Å². The Morgan fingerprint density at radius 2 is 1.60 bits per heavy atom. The van der Waals surface area contributed by atoms with Crippen LogP contribution in [0.2, 0.25) is 0 Å². The monoisotopic (exact) mass is 470 g/mol. The molecular formula is C29H30N2O4. The lowest BCUT2D eigenvalue weighted by Crippen LogP contribution is -2.24. The van der Waals surface area contributed by atoms with Crippen LogP contribution >= 0.6 is 0 Å². The molecule has 1 aliphatic heterocycles. The maximum absolute atomic E-state index is 13.7. The topological polar surface area (TPSA) is 60.8 Å². The minimum Gasteiger partial charge on any atom is -0.494 e. The molecule has 0 fully saturated rings. The lowest BCUT2D eigenvalue weighted by molar-refractivity contribution is -0.138. The summed E-state index contributed by atoms with van der Waals surface area (Å²) in [5.41, 5.74) is 5.74. The van der Waals surface area contributed by atoms with Crippen molar-refractivity contribution >= 4 is 23.6 Å². The number of carbonyl (C=O) groups excluding carboxylic acids is 2. The summed E-state index contributed by atoms with van der Waals surface area (Å²) in [5.74, 6) is -0.0478. The Labute approximate surface area is 206 Å². The van der Waals surface area contributed by atoms with Crippen LogP contribution in [0.5, 0.6) is 5.75 Å². The highest BCUT2D eigenvalue weighted by molar-refractivity contribution is 6.23. The molecule has 3 aromatic rings. The van der Waals surface area contributed by atoms with Crippen LogP contribution in [0.1, 0.15) is 37.7 Å². The molecule has 0 unspecified atom stereocenters. The molecule has 0 saturated heterocycles. The summed E-state index contributed by atoms with van der Waals surface area (Å²) in [4.78, 5) is 28.2. The van der Waals surface area contributed by atoms with Crippen LogP contribution in [0.4, 0.5) is 5.69 Å². The van der Waals surface area contributed by atoms with Gasteiger partial charge in [0.2, 0.25) is 0 Å². The number of hydrogen-bond donors (Lipinski definition) is 0. The fraction of sp³-hybridized carbons (Fsp3) is 0.241. The van der Waals surface area contributed by atoms with E-state index in [2.05, 4.69) is 4.57 Å². The van der Waals surface area contributed by atoms with E-state index in [-0.39, 0.29) is 18.1 Å². The van der Waals surface area contributed by atoms with Gasteiger partial charge in [0.05, 0.1) is 24.4 Å². The molecule has 180 valence electrons. The largest absolute Gasteiger partial charge is 0.494 e. The van der Waals surface area contributed by atoms with E-state index >= 15 is 0 Å². The first kappa shape index (κ1) is 24.1. The van der Waals surface area contributed by atoms with E-state index in [9.17, 15) is 9.59 Å². The Morgan fingerprint density at radius 1 is 0.914 bits per heavy atom. The van der Waals surface area contributed by atoms with Gasteiger partial charge >= 0.3 is 5.97 Å². The molecule has 1 amide bonds. The molecule has 0 aliphatic carbocycles. The van der Waals surface area contributed by atoms with Gasteiger partial charge in [0.1, 0.15) is 5.75 Å². The Hall–Kier alpha value is -4.06. The molecule has 4 rings (SSSR count). The van der Waals surface area contributed by atoms with Crippen LogP contribution in [0.3, 0.4) is 0 Å². The van der Waals surface area contributed by atoms with Crippen LogP contribution in [0, 0.1) is 13.8 Å². The van der Waals surface area contributed by atoms with Gasteiger partial charge in [0, 0.05) is 28.5 Å². The lowest BCUT2D eigenvalue weighted by atomic mass is 10.0. The van der Waals surface area contributed by atoms with Crippen molar-refractivity contribution < 1.29 is 19.1 Å². The number of allylic oxidation sites excluding steroid dienone is 1. The zero-order valence-electron chi connectivity index (χ0n) is 20.8. The number of rotatable bonds is 7. The Morgan fingerprint density at radius 3 is 2.23 bits per heavy atom. The van der Waals surface area contributed by atoms with Gasteiger partial charge in [-0.05, 0) is 88.7 Å². The molecule has 0 bridgehead atoms. The molecule has 6 heteroatoms. The van der Waals surface area contributed by atoms with Gasteiger partial charge in [-0.2, -0.15) is 0 Å². The zero-order valence-corrected chi connectivity index (χ0v) is 20.8. The molecule has 0 radical (unpaired) electrons. The van der Waals surface area contributed by atoms with Crippen molar-refractivity contribution in [3.8, 4) is 11.4 Å². The number of aryl methyl sites for hydroxylation is 1. The summed E-state index contributed by atoms with van der Waals surface area (Å²) in [6.07, 6.45) is 1.80. The van der Waals surface area contributed by atoms with Crippen molar-refractivity contribution in [3.63, 3.8) is 0 Å². The van der Waals surface area contributed by atoms with Crippen LogP contribution in [-0.4, -0.2) is 29.7 Å². The summed E-state index contributed by atoms with van der Waals surface area (Å²) in [5, 5.41) is 0.